The Morgan fingerprint density at radius 1 is 0.838 bits per heavy atom. The Balaban J connectivity index is 0.728. The van der Waals surface area contributed by atoms with E-state index in [2.05, 4.69) is 62.9 Å². The maximum absolute atomic E-state index is 14.0. The van der Waals surface area contributed by atoms with E-state index in [1.807, 2.05) is 24.3 Å². The second-order valence-electron chi connectivity index (χ2n) is 20.4. The number of aryl methyl sites for hydroxylation is 1. The van der Waals surface area contributed by atoms with Crippen LogP contribution >= 0.6 is 0 Å². The summed E-state index contributed by atoms with van der Waals surface area (Å²) in [4.78, 5) is 95.0. The summed E-state index contributed by atoms with van der Waals surface area (Å²) < 4.78 is 3.61. The van der Waals surface area contributed by atoms with Crippen molar-refractivity contribution in [3.8, 4) is 11.3 Å². The fourth-order valence-electron chi connectivity index (χ4n) is 11.4. The maximum atomic E-state index is 14.0. The number of likely N-dealkylation sites (tertiary alicyclic amines) is 1. The molecule has 5 aliphatic heterocycles. The quantitative estimate of drug-likeness (QED) is 0.178. The van der Waals surface area contributed by atoms with Crippen molar-refractivity contribution in [1.82, 2.24) is 34.2 Å². The van der Waals surface area contributed by atoms with Crippen LogP contribution in [0.15, 0.2) is 71.8 Å². The Labute approximate surface area is 392 Å². The molecule has 3 N–H and O–H groups in total. The minimum absolute atomic E-state index is 0.0520. The minimum atomic E-state index is -0.993. The molecule has 6 aliphatic rings. The highest BCUT2D eigenvalue weighted by Gasteiger charge is 2.46. The number of hydrogen-bond donors (Lipinski definition) is 3. The molecule has 0 radical (unpaired) electrons. The molecule has 3 aromatic heterocycles. The number of carbonyl (C=O) groups is 5. The Kier molecular flexibility index (Phi) is 10.3. The second kappa shape index (κ2) is 16.1. The summed E-state index contributed by atoms with van der Waals surface area (Å²) in [6.45, 7) is 10.9. The second-order valence-corrected chi connectivity index (χ2v) is 20.4. The normalized spacial score (nSPS) is 21.2. The van der Waals surface area contributed by atoms with E-state index in [1.165, 1.54) is 21.4 Å². The number of benzene rings is 2. The molecule has 0 spiro atoms. The van der Waals surface area contributed by atoms with E-state index >= 15 is 0 Å². The van der Waals surface area contributed by atoms with Crippen LogP contribution in [0.4, 0.5) is 23.0 Å². The molecule has 17 nitrogen and oxygen atoms in total. The zero-order valence-electron chi connectivity index (χ0n) is 38.7. The molecule has 0 saturated carbocycles. The number of hydrogen-bond acceptors (Lipinski definition) is 12. The van der Waals surface area contributed by atoms with Gasteiger partial charge in [0.25, 0.3) is 23.3 Å². The summed E-state index contributed by atoms with van der Waals surface area (Å²) in [6.07, 6.45) is 7.24. The lowest BCUT2D eigenvalue weighted by Crippen LogP contribution is -2.61. The summed E-state index contributed by atoms with van der Waals surface area (Å²) in [5.74, 6) is -1.67. The molecule has 1 atom stereocenters. The highest BCUT2D eigenvalue weighted by Crippen LogP contribution is 2.41. The number of piperidine rings is 2. The molecule has 0 bridgehead atoms. The number of aliphatic hydroxyl groups excluding tert-OH is 1. The molecule has 3 fully saturated rings. The largest absolute Gasteiger partial charge is 0.392 e. The third kappa shape index (κ3) is 7.21. The zero-order chi connectivity index (χ0) is 47.4. The van der Waals surface area contributed by atoms with Gasteiger partial charge in [-0.25, -0.2) is 9.97 Å². The number of aromatic nitrogens is 4. The van der Waals surface area contributed by atoms with Crippen LogP contribution in [-0.2, 0) is 48.0 Å². The number of amides is 5. The SMILES string of the molecule is Cn1cc(-c2ccnc(N3CCn4c(cc5c4CC(C)(C)C5)C3=O)c2CO)nc(Nc2ccc(C3(C)CCN(C4CN(c5ccc6c(c5)C(=O)N(C5CCC(=O)NC5=O)C6=O)C4)CC3)cc2)c1=O. The number of anilines is 4. The van der Waals surface area contributed by atoms with Crippen molar-refractivity contribution in [2.24, 2.45) is 12.5 Å². The van der Waals surface area contributed by atoms with Crippen molar-refractivity contribution in [3.63, 3.8) is 0 Å². The van der Waals surface area contributed by atoms with Crippen LogP contribution in [0.5, 0.6) is 0 Å². The summed E-state index contributed by atoms with van der Waals surface area (Å²) >= 11 is 0. The minimum Gasteiger partial charge on any atom is -0.392 e. The monoisotopic (exact) mass is 918 g/mol. The van der Waals surface area contributed by atoms with E-state index in [4.69, 9.17) is 4.98 Å². The van der Waals surface area contributed by atoms with Crippen LogP contribution in [0.1, 0.15) is 100 Å². The van der Waals surface area contributed by atoms with Gasteiger partial charge >= 0.3 is 0 Å². The van der Waals surface area contributed by atoms with Gasteiger partial charge in [-0.2, -0.15) is 0 Å². The average molecular weight is 919 g/mol. The van der Waals surface area contributed by atoms with E-state index in [9.17, 15) is 33.9 Å². The summed E-state index contributed by atoms with van der Waals surface area (Å²) in [7, 11) is 1.66. The number of nitrogens with zero attached hydrogens (tertiary/aromatic N) is 8. The molecular weight excluding hydrogens is 865 g/mol. The van der Waals surface area contributed by atoms with Gasteiger partial charge in [-0.15, -0.1) is 0 Å². The first-order chi connectivity index (χ1) is 32.6. The van der Waals surface area contributed by atoms with Gasteiger partial charge < -0.3 is 24.5 Å². The van der Waals surface area contributed by atoms with Gasteiger partial charge in [-0.05, 0) is 110 Å². The number of pyridine rings is 1. The maximum Gasteiger partial charge on any atom is 0.293 e. The van der Waals surface area contributed by atoms with Gasteiger partial charge in [0.05, 0.1) is 23.4 Å². The number of carbonyl (C=O) groups excluding carboxylic acids is 5. The summed E-state index contributed by atoms with van der Waals surface area (Å²) in [6, 6.07) is 16.6. The van der Waals surface area contributed by atoms with Crippen molar-refractivity contribution in [2.75, 3.05) is 47.8 Å². The van der Waals surface area contributed by atoms with Crippen molar-refractivity contribution in [2.45, 2.75) is 89.9 Å². The number of nitrogens with one attached hydrogen (secondary N) is 2. The molecule has 1 aliphatic carbocycles. The Morgan fingerprint density at radius 3 is 2.32 bits per heavy atom. The molecule has 17 heteroatoms. The smallest absolute Gasteiger partial charge is 0.293 e. The predicted molar refractivity (Wildman–Crippen MR) is 253 cm³/mol. The van der Waals surface area contributed by atoms with E-state index in [0.717, 1.165) is 62.4 Å². The highest BCUT2D eigenvalue weighted by atomic mass is 16.3. The van der Waals surface area contributed by atoms with E-state index in [-0.39, 0.29) is 58.7 Å². The summed E-state index contributed by atoms with van der Waals surface area (Å²) in [5, 5.41) is 16.3. The predicted octanol–water partition coefficient (Wildman–Crippen LogP) is 4.31. The molecule has 11 rings (SSSR count). The fourth-order valence-corrected chi connectivity index (χ4v) is 11.4. The standard InChI is InChI=1S/C51H54N10O7/c1-50(2)23-29-21-40-48(67)60(20-19-59(40)41(29)24-50)44-37(28-62)34(13-16-52-44)38-27-56(4)49(68)43(54-38)53-31-7-5-30(6-8-31)51(3)14-17-57(18-15-51)33-25-58(26-33)32-9-10-35-36(22-32)47(66)61(46(35)65)39-11-12-42(63)55-45(39)64/h5-10,13,16,21-22,27,33,39,62H,11-12,14-15,17-20,23-26,28H2,1-4H3,(H,53,54)(H,55,63,64). The molecule has 1 unspecified atom stereocenters. The van der Waals surface area contributed by atoms with E-state index in [1.54, 1.807) is 42.5 Å². The topological polar surface area (TPSA) is 195 Å². The first-order valence-electron chi connectivity index (χ1n) is 23.5. The number of fused-ring (bicyclic) bond motifs is 4. The number of rotatable bonds is 9. The molecule has 68 heavy (non-hydrogen) atoms. The molecule has 2 aromatic carbocycles. The third-order valence-corrected chi connectivity index (χ3v) is 15.3. The number of aliphatic hydroxyl groups is 1. The van der Waals surface area contributed by atoms with Gasteiger partial charge in [0.15, 0.2) is 5.82 Å². The highest BCUT2D eigenvalue weighted by molar-refractivity contribution is 6.23. The Hall–Kier alpha value is -6.98. The van der Waals surface area contributed by atoms with Gasteiger partial charge in [0, 0.05) is 86.3 Å². The van der Waals surface area contributed by atoms with Crippen molar-refractivity contribution in [1.29, 1.82) is 0 Å². The fraction of sp³-hybridized carbons (Fsp3) is 0.412. The first-order valence-corrected chi connectivity index (χ1v) is 23.5. The Bertz CT molecular complexity index is 3030. The molecule has 350 valence electrons. The lowest BCUT2D eigenvalue weighted by Gasteiger charge is -2.50. The Morgan fingerprint density at radius 2 is 1.59 bits per heavy atom. The van der Waals surface area contributed by atoms with Gasteiger partial charge in [0.1, 0.15) is 17.6 Å². The average Bonchev–Trinajstić information content (AvgIpc) is 3.89. The van der Waals surface area contributed by atoms with E-state index < -0.39 is 29.7 Å². The van der Waals surface area contributed by atoms with Gasteiger partial charge in [-0.3, -0.25) is 48.8 Å². The van der Waals surface area contributed by atoms with Crippen LogP contribution in [-0.4, -0.2) is 108 Å². The van der Waals surface area contributed by atoms with Crippen molar-refractivity contribution < 1.29 is 29.1 Å². The van der Waals surface area contributed by atoms with Crippen LogP contribution in [0, 0.1) is 5.41 Å². The van der Waals surface area contributed by atoms with Gasteiger partial charge in [-0.1, -0.05) is 32.9 Å². The van der Waals surface area contributed by atoms with Crippen LogP contribution < -0.4 is 26.0 Å². The van der Waals surface area contributed by atoms with Crippen LogP contribution in [0.25, 0.3) is 11.3 Å². The zero-order valence-corrected chi connectivity index (χ0v) is 38.7. The third-order valence-electron chi connectivity index (χ3n) is 15.3. The van der Waals surface area contributed by atoms with E-state index in [0.29, 0.717) is 53.2 Å². The van der Waals surface area contributed by atoms with Crippen molar-refractivity contribution in [3.05, 3.63) is 117 Å². The molecule has 3 saturated heterocycles. The molecular formula is C51H54N10O7. The molecule has 5 aromatic rings. The summed E-state index contributed by atoms with van der Waals surface area (Å²) in [5.41, 5.74) is 7.75. The first kappa shape index (κ1) is 43.6. The number of imide groups is 2. The van der Waals surface area contributed by atoms with Crippen LogP contribution in [0.2, 0.25) is 0 Å². The lowest BCUT2D eigenvalue weighted by molar-refractivity contribution is -0.136. The lowest BCUT2D eigenvalue weighted by atomic mass is 9.74. The molecule has 5 amide bonds. The van der Waals surface area contributed by atoms with Crippen molar-refractivity contribution >= 4 is 52.5 Å². The van der Waals surface area contributed by atoms with Gasteiger partial charge in [0.2, 0.25) is 11.8 Å². The van der Waals surface area contributed by atoms with Crippen LogP contribution in [0.3, 0.4) is 0 Å². The molecule has 8 heterocycles.